The summed E-state index contributed by atoms with van der Waals surface area (Å²) in [5.41, 5.74) is 1.86. The molecule has 6 heteroatoms. The number of likely N-dealkylation sites (tertiary alicyclic amines) is 1. The lowest BCUT2D eigenvalue weighted by Gasteiger charge is -2.41. The van der Waals surface area contributed by atoms with Crippen LogP contribution in [0.15, 0.2) is 23.4 Å². The number of benzene rings is 1. The van der Waals surface area contributed by atoms with Gasteiger partial charge in [-0.15, -0.1) is 0 Å². The molecule has 4 rings (SSSR count). The van der Waals surface area contributed by atoms with Crippen molar-refractivity contribution < 1.29 is 9.53 Å². The van der Waals surface area contributed by atoms with Gasteiger partial charge in [0.25, 0.3) is 0 Å². The van der Waals surface area contributed by atoms with E-state index in [1.165, 1.54) is 43.9 Å². The maximum absolute atomic E-state index is 12.6. The number of H-pyrrole nitrogens is 1. The van der Waals surface area contributed by atoms with Crippen molar-refractivity contribution in [1.29, 1.82) is 0 Å². The monoisotopic (exact) mass is 373 g/mol. The number of ether oxygens (including phenoxy) is 1. The van der Waals surface area contributed by atoms with E-state index in [0.29, 0.717) is 12.4 Å². The molecular weight excluding hydrogens is 346 g/mol. The van der Waals surface area contributed by atoms with Crippen LogP contribution in [0, 0.1) is 11.8 Å². The number of fused-ring (bicyclic) bond motifs is 2. The fourth-order valence-electron chi connectivity index (χ4n) is 4.34. The van der Waals surface area contributed by atoms with E-state index in [0.717, 1.165) is 46.9 Å². The first-order valence-corrected chi connectivity index (χ1v) is 10.7. The van der Waals surface area contributed by atoms with Crippen molar-refractivity contribution in [2.75, 3.05) is 25.4 Å². The summed E-state index contributed by atoms with van der Waals surface area (Å²) in [4.78, 5) is 22.6. The summed E-state index contributed by atoms with van der Waals surface area (Å²) in [6, 6.07) is 5.85. The number of carbonyl (C=O) groups excluding carboxylic acids is 1. The smallest absolute Gasteiger partial charge is 0.233 e. The third kappa shape index (κ3) is 3.85. The Bertz CT molecular complexity index is 776. The normalized spacial score (nSPS) is 23.0. The molecule has 1 saturated carbocycles. The summed E-state index contributed by atoms with van der Waals surface area (Å²) >= 11 is 1.50. The highest BCUT2D eigenvalue weighted by Gasteiger charge is 2.32. The number of rotatable bonds is 5. The van der Waals surface area contributed by atoms with E-state index in [-0.39, 0.29) is 5.91 Å². The average Bonchev–Trinajstić information content (AvgIpc) is 3.08. The van der Waals surface area contributed by atoms with Crippen LogP contribution in [0.2, 0.25) is 0 Å². The van der Waals surface area contributed by atoms with Crippen LogP contribution in [0.3, 0.4) is 0 Å². The summed E-state index contributed by atoms with van der Waals surface area (Å²) in [5, 5.41) is 0.801. The third-order valence-electron chi connectivity index (χ3n) is 5.72. The predicted molar refractivity (Wildman–Crippen MR) is 105 cm³/mol. The number of hydrogen-bond donors (Lipinski definition) is 1. The summed E-state index contributed by atoms with van der Waals surface area (Å²) in [6.07, 6.45) is 6.56. The average molecular weight is 374 g/mol. The van der Waals surface area contributed by atoms with Gasteiger partial charge in [-0.2, -0.15) is 0 Å². The maximum Gasteiger partial charge on any atom is 0.233 e. The van der Waals surface area contributed by atoms with Gasteiger partial charge in [0.1, 0.15) is 5.75 Å². The standard InChI is InChI=1S/C20H27N3O2S/c1-2-25-16-7-8-17-18(11-16)22-20(21-17)26-13-19(24)23-10-9-14-5-3-4-6-15(14)12-23/h7-8,11,14-15H,2-6,9-10,12-13H2,1H3,(H,21,22)/t14-,15-/m0/s1. The van der Waals surface area contributed by atoms with E-state index >= 15 is 0 Å². The summed E-state index contributed by atoms with van der Waals surface area (Å²) in [5.74, 6) is 3.13. The maximum atomic E-state index is 12.6. The largest absolute Gasteiger partial charge is 0.494 e. The second kappa shape index (κ2) is 7.91. The number of aromatic nitrogens is 2. The molecular formula is C20H27N3O2S. The predicted octanol–water partition coefficient (Wildman–Crippen LogP) is 4.09. The molecule has 2 aliphatic rings. The molecule has 1 aliphatic heterocycles. The zero-order valence-electron chi connectivity index (χ0n) is 15.4. The van der Waals surface area contributed by atoms with Crippen LogP contribution in [0.5, 0.6) is 5.75 Å². The number of nitrogens with zero attached hydrogens (tertiary/aromatic N) is 2. The molecule has 0 bridgehead atoms. The molecule has 0 unspecified atom stereocenters. The first kappa shape index (κ1) is 17.7. The molecule has 2 fully saturated rings. The molecule has 1 amide bonds. The Morgan fingerprint density at radius 2 is 2.15 bits per heavy atom. The minimum absolute atomic E-state index is 0.245. The molecule has 5 nitrogen and oxygen atoms in total. The van der Waals surface area contributed by atoms with Crippen LogP contribution in [0.4, 0.5) is 0 Å². The lowest BCUT2D eigenvalue weighted by Crippen LogP contribution is -2.45. The number of piperidine rings is 1. The number of imidazole rings is 1. The molecule has 0 spiro atoms. The number of carbonyl (C=O) groups is 1. The van der Waals surface area contributed by atoms with Gasteiger partial charge in [0.15, 0.2) is 5.16 Å². The summed E-state index contributed by atoms with van der Waals surface area (Å²) in [6.45, 7) is 4.51. The molecule has 1 N–H and O–H groups in total. The quantitative estimate of drug-likeness (QED) is 0.802. The molecule has 1 aromatic carbocycles. The van der Waals surface area contributed by atoms with Gasteiger partial charge in [-0.05, 0) is 43.7 Å². The molecule has 1 aliphatic carbocycles. The van der Waals surface area contributed by atoms with Crippen LogP contribution < -0.4 is 4.74 Å². The Hall–Kier alpha value is -1.69. The second-order valence-electron chi connectivity index (χ2n) is 7.38. The zero-order chi connectivity index (χ0) is 17.9. The number of aromatic amines is 1. The highest BCUT2D eigenvalue weighted by Crippen LogP contribution is 2.36. The van der Waals surface area contributed by atoms with Crippen LogP contribution in [0.25, 0.3) is 11.0 Å². The van der Waals surface area contributed by atoms with Crippen molar-refractivity contribution in [3.8, 4) is 5.75 Å². The van der Waals surface area contributed by atoms with E-state index in [2.05, 4.69) is 14.9 Å². The van der Waals surface area contributed by atoms with Crippen LogP contribution >= 0.6 is 11.8 Å². The number of thioether (sulfide) groups is 1. The van der Waals surface area contributed by atoms with Crippen molar-refractivity contribution in [3.05, 3.63) is 18.2 Å². The Morgan fingerprint density at radius 3 is 3.00 bits per heavy atom. The fourth-order valence-corrected chi connectivity index (χ4v) is 5.13. The van der Waals surface area contributed by atoms with E-state index in [9.17, 15) is 4.79 Å². The van der Waals surface area contributed by atoms with Crippen molar-refractivity contribution in [1.82, 2.24) is 14.9 Å². The van der Waals surface area contributed by atoms with Gasteiger partial charge >= 0.3 is 0 Å². The molecule has 0 radical (unpaired) electrons. The Balaban J connectivity index is 1.34. The molecule has 2 atom stereocenters. The van der Waals surface area contributed by atoms with Crippen LogP contribution in [-0.4, -0.2) is 46.2 Å². The van der Waals surface area contributed by atoms with Gasteiger partial charge in [0.05, 0.1) is 23.4 Å². The first-order valence-electron chi connectivity index (χ1n) is 9.76. The second-order valence-corrected chi connectivity index (χ2v) is 8.34. The van der Waals surface area contributed by atoms with E-state index in [1.54, 1.807) is 0 Å². The van der Waals surface area contributed by atoms with E-state index in [4.69, 9.17) is 4.74 Å². The molecule has 1 saturated heterocycles. The minimum Gasteiger partial charge on any atom is -0.494 e. The van der Waals surface area contributed by atoms with Crippen molar-refractivity contribution in [2.24, 2.45) is 11.8 Å². The van der Waals surface area contributed by atoms with Gasteiger partial charge in [-0.3, -0.25) is 4.79 Å². The van der Waals surface area contributed by atoms with Gasteiger partial charge < -0.3 is 14.6 Å². The Morgan fingerprint density at radius 1 is 1.31 bits per heavy atom. The van der Waals surface area contributed by atoms with Crippen LogP contribution in [0.1, 0.15) is 39.0 Å². The van der Waals surface area contributed by atoms with E-state index in [1.807, 2.05) is 25.1 Å². The highest BCUT2D eigenvalue weighted by molar-refractivity contribution is 7.99. The van der Waals surface area contributed by atoms with Gasteiger partial charge in [0.2, 0.25) is 5.91 Å². The summed E-state index contributed by atoms with van der Waals surface area (Å²) < 4.78 is 5.53. The Kier molecular flexibility index (Phi) is 5.38. The van der Waals surface area contributed by atoms with Crippen LogP contribution in [-0.2, 0) is 4.79 Å². The Labute approximate surface area is 158 Å². The third-order valence-corrected chi connectivity index (χ3v) is 6.58. The molecule has 2 aromatic rings. The van der Waals surface area contributed by atoms with Crippen molar-refractivity contribution in [2.45, 2.75) is 44.2 Å². The molecule has 26 heavy (non-hydrogen) atoms. The number of nitrogens with one attached hydrogen (secondary N) is 1. The lowest BCUT2D eigenvalue weighted by molar-refractivity contribution is -0.131. The van der Waals surface area contributed by atoms with E-state index < -0.39 is 0 Å². The SMILES string of the molecule is CCOc1ccc2nc(SCC(=O)N3CC[C@@H]4CCCC[C@H]4C3)[nH]c2c1. The van der Waals surface area contributed by atoms with Gasteiger partial charge in [-0.1, -0.05) is 31.0 Å². The highest BCUT2D eigenvalue weighted by atomic mass is 32.2. The topological polar surface area (TPSA) is 58.2 Å². The zero-order valence-corrected chi connectivity index (χ0v) is 16.2. The minimum atomic E-state index is 0.245. The van der Waals surface area contributed by atoms with Gasteiger partial charge in [-0.25, -0.2) is 4.98 Å². The molecule has 1 aromatic heterocycles. The summed E-state index contributed by atoms with van der Waals surface area (Å²) in [7, 11) is 0. The number of hydrogen-bond acceptors (Lipinski definition) is 4. The lowest BCUT2D eigenvalue weighted by atomic mass is 9.75. The van der Waals surface area contributed by atoms with Crippen molar-refractivity contribution in [3.63, 3.8) is 0 Å². The molecule has 2 heterocycles. The number of amides is 1. The fraction of sp³-hybridized carbons (Fsp3) is 0.600. The first-order chi connectivity index (χ1) is 12.7. The van der Waals surface area contributed by atoms with Crippen molar-refractivity contribution >= 4 is 28.7 Å². The molecule has 140 valence electrons. The van der Waals surface area contributed by atoms with Gasteiger partial charge in [0, 0.05) is 19.2 Å².